The minimum absolute atomic E-state index is 0.0500. The van der Waals surface area contributed by atoms with Crippen molar-refractivity contribution in [3.05, 3.63) is 59.4 Å². The number of para-hydroxylation sites is 1. The third-order valence-corrected chi connectivity index (χ3v) is 4.57. The normalized spacial score (nSPS) is 18.5. The van der Waals surface area contributed by atoms with Crippen molar-refractivity contribution in [3.8, 4) is 0 Å². The molecule has 0 radical (unpaired) electrons. The molecule has 2 unspecified atom stereocenters. The molecule has 130 valence electrons. The number of halogens is 2. The van der Waals surface area contributed by atoms with Gasteiger partial charge in [0.15, 0.2) is 0 Å². The van der Waals surface area contributed by atoms with E-state index in [0.717, 1.165) is 5.69 Å². The monoisotopic (exact) mass is 360 g/mol. The van der Waals surface area contributed by atoms with E-state index in [2.05, 4.69) is 5.32 Å². The van der Waals surface area contributed by atoms with Gasteiger partial charge in [-0.25, -0.2) is 4.39 Å². The van der Waals surface area contributed by atoms with Crippen LogP contribution in [0.1, 0.15) is 13.3 Å². The average molecular weight is 361 g/mol. The topological polar surface area (TPSA) is 49.4 Å². The van der Waals surface area contributed by atoms with Crippen LogP contribution >= 0.6 is 11.6 Å². The number of benzene rings is 2. The van der Waals surface area contributed by atoms with Crippen LogP contribution in [-0.4, -0.2) is 18.4 Å². The lowest BCUT2D eigenvalue weighted by Crippen LogP contribution is -2.33. The largest absolute Gasteiger partial charge is 0.326 e. The Kier molecular flexibility index (Phi) is 5.04. The van der Waals surface area contributed by atoms with Crippen LogP contribution in [0.25, 0.3) is 0 Å². The minimum atomic E-state index is -0.541. The van der Waals surface area contributed by atoms with Gasteiger partial charge in [0, 0.05) is 17.9 Å². The Bertz CT molecular complexity index is 797. The number of carbonyl (C=O) groups excluding carboxylic acids is 2. The second kappa shape index (κ2) is 7.23. The summed E-state index contributed by atoms with van der Waals surface area (Å²) in [5.74, 6) is -1.53. The van der Waals surface area contributed by atoms with Gasteiger partial charge in [-0.1, -0.05) is 29.8 Å². The highest BCUT2D eigenvalue weighted by molar-refractivity contribution is 6.31. The first-order valence-electron chi connectivity index (χ1n) is 8.13. The van der Waals surface area contributed by atoms with Crippen molar-refractivity contribution in [1.82, 2.24) is 0 Å². The number of nitrogens with zero attached hydrogens (tertiary/aromatic N) is 1. The van der Waals surface area contributed by atoms with E-state index in [1.165, 1.54) is 18.2 Å². The minimum Gasteiger partial charge on any atom is -0.326 e. The number of amides is 2. The van der Waals surface area contributed by atoms with E-state index in [-0.39, 0.29) is 28.7 Å². The molecular formula is C19H18ClFN2O2. The molecular weight excluding hydrogens is 343 g/mol. The molecule has 1 saturated carbocycles. The van der Waals surface area contributed by atoms with Crippen LogP contribution in [0.4, 0.5) is 15.8 Å². The predicted octanol–water partition coefficient (Wildman–Crippen LogP) is 4.11. The van der Waals surface area contributed by atoms with Crippen molar-refractivity contribution in [2.24, 2.45) is 11.8 Å². The van der Waals surface area contributed by atoms with Crippen molar-refractivity contribution in [2.45, 2.75) is 13.3 Å². The first-order chi connectivity index (χ1) is 12.0. The lowest BCUT2D eigenvalue weighted by Gasteiger charge is -2.21. The number of hydrogen-bond donors (Lipinski definition) is 1. The zero-order valence-electron chi connectivity index (χ0n) is 13.7. The Morgan fingerprint density at radius 2 is 1.92 bits per heavy atom. The maximum atomic E-state index is 13.2. The molecule has 0 saturated heterocycles. The molecule has 4 nitrogen and oxygen atoms in total. The van der Waals surface area contributed by atoms with E-state index < -0.39 is 5.82 Å². The fourth-order valence-electron chi connectivity index (χ4n) is 2.84. The third kappa shape index (κ3) is 3.82. The smallest absolute Gasteiger partial charge is 0.230 e. The molecule has 6 heteroatoms. The quantitative estimate of drug-likeness (QED) is 0.872. The van der Waals surface area contributed by atoms with Crippen LogP contribution in [0.2, 0.25) is 5.02 Å². The van der Waals surface area contributed by atoms with Crippen LogP contribution in [0.15, 0.2) is 48.5 Å². The van der Waals surface area contributed by atoms with Gasteiger partial charge in [-0.3, -0.25) is 9.59 Å². The molecule has 1 aliphatic carbocycles. The molecule has 1 fully saturated rings. The molecule has 0 aliphatic heterocycles. The van der Waals surface area contributed by atoms with E-state index in [0.29, 0.717) is 18.7 Å². The first-order valence-corrected chi connectivity index (χ1v) is 8.51. The van der Waals surface area contributed by atoms with Gasteiger partial charge in [0.25, 0.3) is 0 Å². The summed E-state index contributed by atoms with van der Waals surface area (Å²) >= 11 is 5.71. The third-order valence-electron chi connectivity index (χ3n) is 4.28. The van der Waals surface area contributed by atoms with E-state index in [9.17, 15) is 14.0 Å². The summed E-state index contributed by atoms with van der Waals surface area (Å²) < 4.78 is 13.2. The average Bonchev–Trinajstić information content (AvgIpc) is 3.40. The summed E-state index contributed by atoms with van der Waals surface area (Å²) in [6.07, 6.45) is 0.517. The van der Waals surface area contributed by atoms with Crippen LogP contribution < -0.4 is 10.2 Å². The molecule has 2 aromatic carbocycles. The highest BCUT2D eigenvalue weighted by Gasteiger charge is 2.49. The van der Waals surface area contributed by atoms with Gasteiger partial charge in [-0.05, 0) is 43.7 Å². The SMILES string of the molecule is CCN(C(=O)C1CC1C(=O)Nc1ccc(F)c(Cl)c1)c1ccccc1. The number of anilines is 2. The highest BCUT2D eigenvalue weighted by Crippen LogP contribution is 2.41. The second-order valence-electron chi connectivity index (χ2n) is 5.98. The molecule has 0 aromatic heterocycles. The van der Waals surface area contributed by atoms with Gasteiger partial charge in [0.2, 0.25) is 11.8 Å². The summed E-state index contributed by atoms with van der Waals surface area (Å²) in [6, 6.07) is 13.4. The zero-order chi connectivity index (χ0) is 18.0. The number of rotatable bonds is 5. The Morgan fingerprint density at radius 1 is 1.20 bits per heavy atom. The number of hydrogen-bond acceptors (Lipinski definition) is 2. The predicted molar refractivity (Wildman–Crippen MR) is 96.1 cm³/mol. The maximum Gasteiger partial charge on any atom is 0.230 e. The van der Waals surface area contributed by atoms with E-state index >= 15 is 0 Å². The summed E-state index contributed by atoms with van der Waals surface area (Å²) in [5.41, 5.74) is 1.25. The molecule has 0 bridgehead atoms. The molecule has 25 heavy (non-hydrogen) atoms. The van der Waals surface area contributed by atoms with Crippen molar-refractivity contribution in [3.63, 3.8) is 0 Å². The molecule has 2 atom stereocenters. The number of nitrogens with one attached hydrogen (secondary N) is 1. The van der Waals surface area contributed by atoms with Gasteiger partial charge >= 0.3 is 0 Å². The first kappa shape index (κ1) is 17.4. The second-order valence-corrected chi connectivity index (χ2v) is 6.39. The van der Waals surface area contributed by atoms with Gasteiger partial charge in [0.05, 0.1) is 16.9 Å². The molecule has 0 spiro atoms. The van der Waals surface area contributed by atoms with E-state index in [4.69, 9.17) is 11.6 Å². The molecule has 2 amide bonds. The molecule has 0 heterocycles. The molecule has 1 N–H and O–H groups in total. The van der Waals surface area contributed by atoms with Gasteiger partial charge in [0.1, 0.15) is 5.82 Å². The Labute approximate surface area is 150 Å². The zero-order valence-corrected chi connectivity index (χ0v) is 14.5. The summed E-state index contributed by atoms with van der Waals surface area (Å²) in [5, 5.41) is 2.64. The van der Waals surface area contributed by atoms with Crippen molar-refractivity contribution >= 4 is 34.8 Å². The fourth-order valence-corrected chi connectivity index (χ4v) is 3.02. The molecule has 3 rings (SSSR count). The van der Waals surface area contributed by atoms with Gasteiger partial charge < -0.3 is 10.2 Å². The molecule has 1 aliphatic rings. The van der Waals surface area contributed by atoms with E-state index in [1.54, 1.807) is 4.90 Å². The van der Waals surface area contributed by atoms with Gasteiger partial charge in [-0.15, -0.1) is 0 Å². The summed E-state index contributed by atoms with van der Waals surface area (Å²) in [6.45, 7) is 2.45. The standard InChI is InChI=1S/C19H18ClFN2O2/c1-2-23(13-6-4-3-5-7-13)19(25)15-11-14(15)18(24)22-12-8-9-17(21)16(20)10-12/h3-10,14-15H,2,11H2,1H3,(H,22,24). The lowest BCUT2D eigenvalue weighted by atomic mass is 10.2. The van der Waals surface area contributed by atoms with Crippen LogP contribution in [0.3, 0.4) is 0 Å². The highest BCUT2D eigenvalue weighted by atomic mass is 35.5. The summed E-state index contributed by atoms with van der Waals surface area (Å²) in [4.78, 5) is 26.7. The van der Waals surface area contributed by atoms with Crippen LogP contribution in [0.5, 0.6) is 0 Å². The van der Waals surface area contributed by atoms with Crippen molar-refractivity contribution in [2.75, 3.05) is 16.8 Å². The molecule has 2 aromatic rings. The van der Waals surface area contributed by atoms with E-state index in [1.807, 2.05) is 37.3 Å². The van der Waals surface area contributed by atoms with Crippen molar-refractivity contribution in [1.29, 1.82) is 0 Å². The van der Waals surface area contributed by atoms with Crippen LogP contribution in [-0.2, 0) is 9.59 Å². The van der Waals surface area contributed by atoms with Crippen molar-refractivity contribution < 1.29 is 14.0 Å². The Hall–Kier alpha value is -2.40. The number of carbonyl (C=O) groups is 2. The van der Waals surface area contributed by atoms with Gasteiger partial charge in [-0.2, -0.15) is 0 Å². The fraction of sp³-hybridized carbons (Fsp3) is 0.263. The maximum absolute atomic E-state index is 13.2. The lowest BCUT2D eigenvalue weighted by molar-refractivity contribution is -0.123. The summed E-state index contributed by atoms with van der Waals surface area (Å²) in [7, 11) is 0. The Morgan fingerprint density at radius 3 is 2.56 bits per heavy atom. The van der Waals surface area contributed by atoms with Crippen LogP contribution in [0, 0.1) is 17.7 Å². The Balaban J connectivity index is 1.64.